The Bertz CT molecular complexity index is 445. The SMILES string of the molecule is CC(O)c1cn(CCN2CCCC2)c(C2CCNCC2)n1. The van der Waals surface area contributed by atoms with Crippen molar-refractivity contribution in [2.24, 2.45) is 0 Å². The quantitative estimate of drug-likeness (QED) is 0.863. The minimum absolute atomic E-state index is 0.474. The predicted molar refractivity (Wildman–Crippen MR) is 83.4 cm³/mol. The molecule has 0 spiro atoms. The third kappa shape index (κ3) is 3.65. The van der Waals surface area contributed by atoms with Gasteiger partial charge in [-0.2, -0.15) is 0 Å². The van der Waals surface area contributed by atoms with Crippen LogP contribution in [0.2, 0.25) is 0 Å². The first-order valence-electron chi connectivity index (χ1n) is 8.42. The monoisotopic (exact) mass is 292 g/mol. The zero-order valence-corrected chi connectivity index (χ0v) is 13.1. The standard InChI is InChI=1S/C16H28N4O/c1-13(21)15-12-20(11-10-19-8-2-3-9-19)16(18-15)14-4-6-17-7-5-14/h12-14,17,21H,2-11H2,1H3. The Morgan fingerprint density at radius 2 is 2.00 bits per heavy atom. The number of imidazole rings is 1. The Morgan fingerprint density at radius 3 is 2.67 bits per heavy atom. The fourth-order valence-electron chi connectivity index (χ4n) is 3.49. The van der Waals surface area contributed by atoms with E-state index in [2.05, 4.69) is 21.0 Å². The van der Waals surface area contributed by atoms with Crippen LogP contribution in [0, 0.1) is 0 Å². The summed E-state index contributed by atoms with van der Waals surface area (Å²) >= 11 is 0. The lowest BCUT2D eigenvalue weighted by Gasteiger charge is -2.24. The zero-order chi connectivity index (χ0) is 14.7. The normalized spacial score (nSPS) is 22.8. The molecule has 5 heteroatoms. The first kappa shape index (κ1) is 15.0. The molecule has 1 atom stereocenters. The van der Waals surface area contributed by atoms with Crippen molar-refractivity contribution < 1.29 is 5.11 Å². The number of aromatic nitrogens is 2. The van der Waals surface area contributed by atoms with Crippen molar-refractivity contribution in [1.29, 1.82) is 0 Å². The van der Waals surface area contributed by atoms with Gasteiger partial charge in [-0.05, 0) is 58.8 Å². The van der Waals surface area contributed by atoms with Gasteiger partial charge in [-0.15, -0.1) is 0 Å². The number of piperidine rings is 1. The van der Waals surface area contributed by atoms with Crippen LogP contribution in [-0.4, -0.2) is 52.3 Å². The molecule has 0 radical (unpaired) electrons. The van der Waals surface area contributed by atoms with Crippen molar-refractivity contribution in [3.63, 3.8) is 0 Å². The Hall–Kier alpha value is -0.910. The Labute approximate surface area is 127 Å². The van der Waals surface area contributed by atoms with Crippen LogP contribution in [0.4, 0.5) is 0 Å². The van der Waals surface area contributed by atoms with Gasteiger partial charge in [0.2, 0.25) is 0 Å². The van der Waals surface area contributed by atoms with E-state index in [0.717, 1.165) is 44.7 Å². The molecule has 1 aromatic rings. The van der Waals surface area contributed by atoms with E-state index in [0.29, 0.717) is 5.92 Å². The van der Waals surface area contributed by atoms with Gasteiger partial charge >= 0.3 is 0 Å². The maximum Gasteiger partial charge on any atom is 0.112 e. The number of likely N-dealkylation sites (tertiary alicyclic amines) is 1. The van der Waals surface area contributed by atoms with Gasteiger partial charge in [-0.3, -0.25) is 0 Å². The molecule has 3 rings (SSSR count). The lowest BCUT2D eigenvalue weighted by atomic mass is 9.97. The molecule has 0 aliphatic carbocycles. The number of hydrogen-bond donors (Lipinski definition) is 2. The zero-order valence-electron chi connectivity index (χ0n) is 13.1. The molecule has 1 aromatic heterocycles. The number of nitrogens with one attached hydrogen (secondary N) is 1. The molecule has 21 heavy (non-hydrogen) atoms. The van der Waals surface area contributed by atoms with Crippen molar-refractivity contribution in [1.82, 2.24) is 19.8 Å². The highest BCUT2D eigenvalue weighted by atomic mass is 16.3. The van der Waals surface area contributed by atoms with Crippen molar-refractivity contribution in [3.8, 4) is 0 Å². The van der Waals surface area contributed by atoms with E-state index in [1.165, 1.54) is 31.8 Å². The van der Waals surface area contributed by atoms with Crippen LogP contribution in [0.15, 0.2) is 6.20 Å². The molecule has 2 N–H and O–H groups in total. The molecule has 3 heterocycles. The van der Waals surface area contributed by atoms with E-state index in [1.54, 1.807) is 6.92 Å². The number of hydrogen-bond acceptors (Lipinski definition) is 4. The molecular weight excluding hydrogens is 264 g/mol. The van der Waals surface area contributed by atoms with Gasteiger partial charge in [0.15, 0.2) is 0 Å². The average Bonchev–Trinajstić information content (AvgIpc) is 3.15. The van der Waals surface area contributed by atoms with Crippen molar-refractivity contribution >= 4 is 0 Å². The van der Waals surface area contributed by atoms with Gasteiger partial charge < -0.3 is 19.9 Å². The largest absolute Gasteiger partial charge is 0.387 e. The summed E-state index contributed by atoms with van der Waals surface area (Å²) in [7, 11) is 0. The van der Waals surface area contributed by atoms with E-state index in [4.69, 9.17) is 4.98 Å². The maximum absolute atomic E-state index is 9.84. The van der Waals surface area contributed by atoms with E-state index in [9.17, 15) is 5.11 Å². The molecule has 118 valence electrons. The van der Waals surface area contributed by atoms with E-state index < -0.39 is 6.10 Å². The third-order valence-electron chi connectivity index (χ3n) is 4.81. The number of aliphatic hydroxyl groups is 1. The fraction of sp³-hybridized carbons (Fsp3) is 0.812. The van der Waals surface area contributed by atoms with Gasteiger partial charge in [-0.1, -0.05) is 0 Å². The molecule has 2 aliphatic heterocycles. The van der Waals surface area contributed by atoms with E-state index >= 15 is 0 Å². The van der Waals surface area contributed by atoms with Crippen LogP contribution in [0.25, 0.3) is 0 Å². The minimum atomic E-state index is -0.474. The minimum Gasteiger partial charge on any atom is -0.387 e. The van der Waals surface area contributed by atoms with Gasteiger partial charge in [0.1, 0.15) is 5.82 Å². The van der Waals surface area contributed by atoms with E-state index in [1.807, 2.05) is 0 Å². The molecule has 0 bridgehead atoms. The fourth-order valence-corrected chi connectivity index (χ4v) is 3.49. The van der Waals surface area contributed by atoms with Crippen LogP contribution < -0.4 is 5.32 Å². The second kappa shape index (κ2) is 6.90. The predicted octanol–water partition coefficient (Wildman–Crippen LogP) is 1.50. The summed E-state index contributed by atoms with van der Waals surface area (Å²) in [4.78, 5) is 7.28. The molecule has 0 saturated carbocycles. The van der Waals surface area contributed by atoms with Gasteiger partial charge in [0.05, 0.1) is 11.8 Å². The first-order chi connectivity index (χ1) is 10.2. The molecule has 0 amide bonds. The summed E-state index contributed by atoms with van der Waals surface area (Å²) < 4.78 is 2.30. The molecule has 2 fully saturated rings. The molecule has 2 aliphatic rings. The summed E-state index contributed by atoms with van der Waals surface area (Å²) in [6.07, 6.45) is 6.57. The smallest absolute Gasteiger partial charge is 0.112 e. The number of rotatable bonds is 5. The van der Waals surface area contributed by atoms with Crippen LogP contribution in [0.3, 0.4) is 0 Å². The summed E-state index contributed by atoms with van der Waals surface area (Å²) in [6.45, 7) is 8.54. The number of aliphatic hydroxyl groups excluding tert-OH is 1. The Morgan fingerprint density at radius 1 is 1.29 bits per heavy atom. The van der Waals surface area contributed by atoms with Gasteiger partial charge in [0, 0.05) is 25.2 Å². The lowest BCUT2D eigenvalue weighted by Crippen LogP contribution is -2.29. The molecule has 1 unspecified atom stereocenters. The maximum atomic E-state index is 9.84. The summed E-state index contributed by atoms with van der Waals surface area (Å²) in [5.74, 6) is 1.73. The molecule has 0 aromatic carbocycles. The average molecular weight is 292 g/mol. The topological polar surface area (TPSA) is 53.3 Å². The highest BCUT2D eigenvalue weighted by Crippen LogP contribution is 2.26. The van der Waals surface area contributed by atoms with Crippen LogP contribution in [0.1, 0.15) is 56.1 Å². The van der Waals surface area contributed by atoms with Gasteiger partial charge in [-0.25, -0.2) is 4.98 Å². The summed E-state index contributed by atoms with van der Waals surface area (Å²) in [5, 5.41) is 13.3. The summed E-state index contributed by atoms with van der Waals surface area (Å²) in [5.41, 5.74) is 0.824. The Balaban J connectivity index is 1.72. The lowest BCUT2D eigenvalue weighted by molar-refractivity contribution is 0.194. The van der Waals surface area contributed by atoms with E-state index in [-0.39, 0.29) is 0 Å². The second-order valence-electron chi connectivity index (χ2n) is 6.47. The summed E-state index contributed by atoms with van der Waals surface area (Å²) in [6, 6.07) is 0. The van der Waals surface area contributed by atoms with Crippen LogP contribution in [0.5, 0.6) is 0 Å². The van der Waals surface area contributed by atoms with Crippen LogP contribution >= 0.6 is 0 Å². The van der Waals surface area contributed by atoms with Crippen LogP contribution in [-0.2, 0) is 6.54 Å². The van der Waals surface area contributed by atoms with Gasteiger partial charge in [0.25, 0.3) is 0 Å². The molecule has 5 nitrogen and oxygen atoms in total. The highest BCUT2D eigenvalue weighted by Gasteiger charge is 2.22. The molecule has 2 saturated heterocycles. The third-order valence-corrected chi connectivity index (χ3v) is 4.81. The van der Waals surface area contributed by atoms with Crippen molar-refractivity contribution in [2.45, 2.75) is 51.2 Å². The number of nitrogens with zero attached hydrogens (tertiary/aromatic N) is 3. The van der Waals surface area contributed by atoms with Crippen molar-refractivity contribution in [3.05, 3.63) is 17.7 Å². The Kier molecular flexibility index (Phi) is 4.93. The van der Waals surface area contributed by atoms with Crippen molar-refractivity contribution in [2.75, 3.05) is 32.7 Å². The highest BCUT2D eigenvalue weighted by molar-refractivity contribution is 5.11. The molecular formula is C16H28N4O. The second-order valence-corrected chi connectivity index (χ2v) is 6.47. The first-order valence-corrected chi connectivity index (χ1v) is 8.42.